The molecule has 0 aliphatic carbocycles. The molecule has 0 unspecified atom stereocenters. The third-order valence-corrected chi connectivity index (χ3v) is 2.86. The second-order valence-electron chi connectivity index (χ2n) is 3.26. The molecule has 0 radical (unpaired) electrons. The molecule has 6 heteroatoms. The Morgan fingerprint density at radius 2 is 2.00 bits per heavy atom. The molecule has 0 fully saturated rings. The first-order valence-electron chi connectivity index (χ1n) is 4.56. The quantitative estimate of drug-likeness (QED) is 0.842. The lowest BCUT2D eigenvalue weighted by atomic mass is 9.99. The zero-order chi connectivity index (χ0) is 11.6. The Bertz CT molecular complexity index is 365. The summed E-state index contributed by atoms with van der Waals surface area (Å²) in [5.41, 5.74) is 5.29. The maximum atomic E-state index is 13.5. The minimum Gasteiger partial charge on any atom is -0.391 e. The van der Waals surface area contributed by atoms with Crippen molar-refractivity contribution in [3.63, 3.8) is 0 Å². The van der Waals surface area contributed by atoms with E-state index in [0.29, 0.717) is 6.42 Å². The van der Waals surface area contributed by atoms with Crippen LogP contribution in [0.4, 0.5) is 8.78 Å². The first-order chi connectivity index (χ1) is 6.99. The van der Waals surface area contributed by atoms with Gasteiger partial charge in [-0.3, -0.25) is 0 Å². The predicted molar refractivity (Wildman–Crippen MR) is 64.5 cm³/mol. The molecule has 0 saturated carbocycles. The van der Waals surface area contributed by atoms with Crippen LogP contribution in [-0.4, -0.2) is 11.2 Å². The summed E-state index contributed by atoms with van der Waals surface area (Å²) in [5.74, 6) is -1.49. The molecule has 92 valence electrons. The van der Waals surface area contributed by atoms with E-state index in [-0.39, 0.29) is 22.4 Å². The van der Waals surface area contributed by atoms with Gasteiger partial charge in [0, 0.05) is 5.56 Å². The monoisotopic (exact) mass is 315 g/mol. The van der Waals surface area contributed by atoms with Crippen LogP contribution in [0.3, 0.4) is 0 Å². The molecule has 3 N–H and O–H groups in total. The fourth-order valence-corrected chi connectivity index (χ4v) is 1.64. The van der Waals surface area contributed by atoms with Crippen LogP contribution in [0.25, 0.3) is 0 Å². The average molecular weight is 317 g/mol. The van der Waals surface area contributed by atoms with Gasteiger partial charge in [-0.25, -0.2) is 8.78 Å². The second kappa shape index (κ2) is 6.49. The van der Waals surface area contributed by atoms with E-state index in [0.717, 1.165) is 6.07 Å². The molecule has 16 heavy (non-hydrogen) atoms. The molecule has 0 heterocycles. The Morgan fingerprint density at radius 1 is 1.44 bits per heavy atom. The number of benzene rings is 1. The van der Waals surface area contributed by atoms with E-state index in [9.17, 15) is 13.9 Å². The number of nitrogens with two attached hydrogens (primary N) is 1. The summed E-state index contributed by atoms with van der Waals surface area (Å²) in [4.78, 5) is 0. The molecule has 0 aliphatic rings. The lowest BCUT2D eigenvalue weighted by Crippen LogP contribution is -2.27. The van der Waals surface area contributed by atoms with Crippen molar-refractivity contribution in [3.8, 4) is 0 Å². The summed E-state index contributed by atoms with van der Waals surface area (Å²) in [5, 5.41) is 9.45. The van der Waals surface area contributed by atoms with Gasteiger partial charge in [-0.1, -0.05) is 6.92 Å². The van der Waals surface area contributed by atoms with Gasteiger partial charge in [0.15, 0.2) is 0 Å². The smallest absolute Gasteiger partial charge is 0.145 e. The third kappa shape index (κ3) is 3.13. The summed E-state index contributed by atoms with van der Waals surface area (Å²) in [6.07, 6.45) is -0.615. The molecule has 0 aliphatic heterocycles. The van der Waals surface area contributed by atoms with Crippen LogP contribution >= 0.6 is 28.3 Å². The Morgan fingerprint density at radius 3 is 2.50 bits per heavy atom. The van der Waals surface area contributed by atoms with Gasteiger partial charge in [0.2, 0.25) is 0 Å². The van der Waals surface area contributed by atoms with Crippen molar-refractivity contribution < 1.29 is 13.9 Å². The summed E-state index contributed by atoms with van der Waals surface area (Å²) >= 11 is 2.94. The molecule has 1 rings (SSSR count). The fraction of sp³-hybridized carbons (Fsp3) is 0.400. The van der Waals surface area contributed by atoms with Crippen LogP contribution in [-0.2, 0) is 0 Å². The Kier molecular flexibility index (Phi) is 6.40. The van der Waals surface area contributed by atoms with Gasteiger partial charge in [-0.15, -0.1) is 12.4 Å². The molecule has 0 amide bonds. The number of aliphatic hydroxyl groups excluding tert-OH is 1. The lowest BCUT2D eigenvalue weighted by Gasteiger charge is -2.19. The lowest BCUT2D eigenvalue weighted by molar-refractivity contribution is 0.137. The van der Waals surface area contributed by atoms with Crippen molar-refractivity contribution in [3.05, 3.63) is 33.8 Å². The van der Waals surface area contributed by atoms with E-state index in [1.807, 2.05) is 0 Å². The molecule has 2 atom stereocenters. The standard InChI is InChI=1S/C10H12BrF2NO.ClH/c1-2-7(15)10(14)8-6(12)4-3-5(11)9(8)13;/h3-4,7,10,15H,2,14H2,1H3;1H/t7-,10-;/m0./s1. The van der Waals surface area contributed by atoms with Crippen molar-refractivity contribution in [2.24, 2.45) is 5.73 Å². The minimum atomic E-state index is -1.05. The highest BCUT2D eigenvalue weighted by Crippen LogP contribution is 2.27. The minimum absolute atomic E-state index is 0. The van der Waals surface area contributed by atoms with Crippen LogP contribution in [0.15, 0.2) is 16.6 Å². The summed E-state index contributed by atoms with van der Waals surface area (Å²) in [6, 6.07) is 1.33. The number of halogens is 4. The van der Waals surface area contributed by atoms with E-state index in [1.54, 1.807) is 6.92 Å². The maximum Gasteiger partial charge on any atom is 0.145 e. The van der Waals surface area contributed by atoms with E-state index in [2.05, 4.69) is 15.9 Å². The predicted octanol–water partition coefficient (Wildman–Crippen LogP) is 2.92. The van der Waals surface area contributed by atoms with Crippen LogP contribution in [0.2, 0.25) is 0 Å². The zero-order valence-corrected chi connectivity index (χ0v) is 11.0. The molecule has 2 nitrogen and oxygen atoms in total. The van der Waals surface area contributed by atoms with Crippen molar-refractivity contribution in [1.82, 2.24) is 0 Å². The van der Waals surface area contributed by atoms with Crippen LogP contribution in [0, 0.1) is 11.6 Å². The largest absolute Gasteiger partial charge is 0.391 e. The molecular weight excluding hydrogens is 303 g/mol. The molecule has 0 spiro atoms. The van der Waals surface area contributed by atoms with Crippen LogP contribution in [0.5, 0.6) is 0 Å². The molecule has 0 aromatic heterocycles. The van der Waals surface area contributed by atoms with E-state index in [1.165, 1.54) is 6.07 Å². The first kappa shape index (κ1) is 15.8. The van der Waals surface area contributed by atoms with E-state index >= 15 is 0 Å². The van der Waals surface area contributed by atoms with Gasteiger partial charge in [0.1, 0.15) is 11.6 Å². The number of aliphatic hydroxyl groups is 1. The number of rotatable bonds is 3. The van der Waals surface area contributed by atoms with Crippen molar-refractivity contribution in [2.75, 3.05) is 0 Å². The summed E-state index contributed by atoms with van der Waals surface area (Å²) in [6.45, 7) is 1.69. The maximum absolute atomic E-state index is 13.5. The third-order valence-electron chi connectivity index (χ3n) is 2.25. The van der Waals surface area contributed by atoms with Gasteiger partial charge >= 0.3 is 0 Å². The summed E-state index contributed by atoms with van der Waals surface area (Å²) < 4.78 is 27.0. The van der Waals surface area contributed by atoms with Gasteiger partial charge in [0.25, 0.3) is 0 Å². The molecule has 1 aromatic rings. The zero-order valence-electron chi connectivity index (χ0n) is 8.58. The first-order valence-corrected chi connectivity index (χ1v) is 5.35. The van der Waals surface area contributed by atoms with E-state index in [4.69, 9.17) is 5.73 Å². The second-order valence-corrected chi connectivity index (χ2v) is 4.11. The van der Waals surface area contributed by atoms with Crippen molar-refractivity contribution >= 4 is 28.3 Å². The summed E-state index contributed by atoms with van der Waals surface area (Å²) in [7, 11) is 0. The topological polar surface area (TPSA) is 46.2 Å². The number of hydrogen-bond donors (Lipinski definition) is 2. The fourth-order valence-electron chi connectivity index (χ4n) is 1.29. The SMILES string of the molecule is CC[C@H](O)[C@H](N)c1c(F)ccc(Br)c1F.Cl. The van der Waals surface area contributed by atoms with Gasteiger partial charge in [-0.05, 0) is 34.5 Å². The Hall–Kier alpha value is -0.230. The highest BCUT2D eigenvalue weighted by atomic mass is 79.9. The molecule has 0 bridgehead atoms. The average Bonchev–Trinajstić information content (AvgIpc) is 2.22. The Labute approximate surface area is 107 Å². The number of hydrogen-bond acceptors (Lipinski definition) is 2. The molecular formula is C10H13BrClF2NO. The van der Waals surface area contributed by atoms with Gasteiger partial charge in [-0.2, -0.15) is 0 Å². The van der Waals surface area contributed by atoms with Gasteiger partial charge < -0.3 is 10.8 Å². The highest BCUT2D eigenvalue weighted by molar-refractivity contribution is 9.10. The normalized spacial score (nSPS) is 14.1. The van der Waals surface area contributed by atoms with E-state index < -0.39 is 23.8 Å². The Balaban J connectivity index is 0.00000225. The molecule has 1 aromatic carbocycles. The van der Waals surface area contributed by atoms with Gasteiger partial charge in [0.05, 0.1) is 16.6 Å². The van der Waals surface area contributed by atoms with Crippen molar-refractivity contribution in [1.29, 1.82) is 0 Å². The highest BCUT2D eigenvalue weighted by Gasteiger charge is 2.23. The van der Waals surface area contributed by atoms with Crippen molar-refractivity contribution in [2.45, 2.75) is 25.5 Å². The molecule has 0 saturated heterocycles. The van der Waals surface area contributed by atoms with Crippen LogP contribution in [0.1, 0.15) is 24.9 Å². The van der Waals surface area contributed by atoms with Crippen LogP contribution < -0.4 is 5.73 Å².